The Morgan fingerprint density at radius 3 is 2.67 bits per heavy atom. The van der Waals surface area contributed by atoms with Gasteiger partial charge >= 0.3 is 0 Å². The van der Waals surface area contributed by atoms with Gasteiger partial charge in [-0.25, -0.2) is 4.98 Å². The van der Waals surface area contributed by atoms with Crippen LogP contribution in [0.5, 0.6) is 11.5 Å². The number of rotatable bonds is 4. The molecule has 3 N–H and O–H groups in total. The number of carbonyl (C=O) groups is 1. The number of ether oxygens (including phenoxy) is 2. The molecule has 6 nitrogen and oxygen atoms in total. The SMILES string of the molecule is Cc1ccc(C(=O)c2sc(Nc3ccc4c(c3)OCCO4)nc2N)c(C)c1. The van der Waals surface area contributed by atoms with Gasteiger partial charge in [-0.3, -0.25) is 4.79 Å². The number of fused-ring (bicyclic) bond motifs is 1. The summed E-state index contributed by atoms with van der Waals surface area (Å²) in [7, 11) is 0. The monoisotopic (exact) mass is 381 g/mol. The number of aryl methyl sites for hydroxylation is 2. The summed E-state index contributed by atoms with van der Waals surface area (Å²) in [6, 6.07) is 11.3. The summed E-state index contributed by atoms with van der Waals surface area (Å²) in [5.41, 5.74) is 9.49. The van der Waals surface area contributed by atoms with E-state index in [1.807, 2.05) is 50.2 Å². The molecule has 2 aromatic carbocycles. The molecule has 0 saturated carbocycles. The Hall–Kier alpha value is -3.06. The highest BCUT2D eigenvalue weighted by Crippen LogP contribution is 2.35. The number of nitrogen functional groups attached to an aromatic ring is 1. The lowest BCUT2D eigenvalue weighted by Crippen LogP contribution is -2.15. The van der Waals surface area contributed by atoms with Gasteiger partial charge in [0, 0.05) is 17.3 Å². The van der Waals surface area contributed by atoms with E-state index in [0.717, 1.165) is 22.6 Å². The largest absolute Gasteiger partial charge is 0.486 e. The van der Waals surface area contributed by atoms with Gasteiger partial charge in [-0.1, -0.05) is 35.1 Å². The van der Waals surface area contributed by atoms with Crippen LogP contribution >= 0.6 is 11.3 Å². The van der Waals surface area contributed by atoms with Gasteiger partial charge in [0.1, 0.15) is 23.9 Å². The number of ketones is 1. The summed E-state index contributed by atoms with van der Waals surface area (Å²) < 4.78 is 11.1. The van der Waals surface area contributed by atoms with Crippen molar-refractivity contribution in [3.8, 4) is 11.5 Å². The highest BCUT2D eigenvalue weighted by Gasteiger charge is 2.20. The van der Waals surface area contributed by atoms with Crippen molar-refractivity contribution >= 4 is 33.8 Å². The molecule has 138 valence electrons. The third-order valence-corrected chi connectivity index (χ3v) is 5.26. The Bertz CT molecular complexity index is 1030. The van der Waals surface area contributed by atoms with E-state index in [9.17, 15) is 4.79 Å². The molecule has 1 aliphatic heterocycles. The second-order valence-electron chi connectivity index (χ2n) is 6.36. The normalized spacial score (nSPS) is 12.7. The maximum absolute atomic E-state index is 12.9. The van der Waals surface area contributed by atoms with Gasteiger partial charge in [0.05, 0.1) is 0 Å². The summed E-state index contributed by atoms with van der Waals surface area (Å²) in [5.74, 6) is 1.52. The maximum atomic E-state index is 12.9. The van der Waals surface area contributed by atoms with E-state index in [1.165, 1.54) is 11.3 Å². The number of anilines is 3. The number of nitrogens with one attached hydrogen (secondary N) is 1. The summed E-state index contributed by atoms with van der Waals surface area (Å²) in [6.07, 6.45) is 0. The first kappa shape index (κ1) is 17.4. The molecular formula is C20H19N3O3S. The van der Waals surface area contributed by atoms with Crippen molar-refractivity contribution < 1.29 is 14.3 Å². The molecule has 0 fully saturated rings. The average Bonchev–Trinajstić information content (AvgIpc) is 3.01. The van der Waals surface area contributed by atoms with Crippen LogP contribution in [0.15, 0.2) is 36.4 Å². The first-order valence-electron chi connectivity index (χ1n) is 8.56. The van der Waals surface area contributed by atoms with Crippen molar-refractivity contribution in [2.24, 2.45) is 0 Å². The third kappa shape index (κ3) is 3.46. The van der Waals surface area contributed by atoms with Gasteiger partial charge in [0.2, 0.25) is 5.78 Å². The Morgan fingerprint density at radius 2 is 1.89 bits per heavy atom. The summed E-state index contributed by atoms with van der Waals surface area (Å²) in [5, 5.41) is 3.74. The number of hydrogen-bond acceptors (Lipinski definition) is 7. The van der Waals surface area contributed by atoms with E-state index in [1.54, 1.807) is 0 Å². The van der Waals surface area contributed by atoms with Crippen LogP contribution in [-0.4, -0.2) is 24.0 Å². The van der Waals surface area contributed by atoms with Crippen LogP contribution in [0.25, 0.3) is 0 Å². The molecule has 0 spiro atoms. The number of nitrogens with two attached hydrogens (primary N) is 1. The minimum atomic E-state index is -0.113. The second kappa shape index (κ2) is 6.92. The van der Waals surface area contributed by atoms with Crippen LogP contribution < -0.4 is 20.5 Å². The average molecular weight is 381 g/mol. The fraction of sp³-hybridized carbons (Fsp3) is 0.200. The lowest BCUT2D eigenvalue weighted by molar-refractivity contribution is 0.104. The lowest BCUT2D eigenvalue weighted by atomic mass is 10.0. The zero-order valence-corrected chi connectivity index (χ0v) is 15.9. The van der Waals surface area contributed by atoms with Crippen LogP contribution in [0.2, 0.25) is 0 Å². The van der Waals surface area contributed by atoms with E-state index in [4.69, 9.17) is 15.2 Å². The molecule has 7 heteroatoms. The van der Waals surface area contributed by atoms with Crippen LogP contribution in [0.1, 0.15) is 26.4 Å². The smallest absolute Gasteiger partial charge is 0.207 e. The molecule has 0 radical (unpaired) electrons. The van der Waals surface area contributed by atoms with E-state index < -0.39 is 0 Å². The molecule has 0 unspecified atom stereocenters. The van der Waals surface area contributed by atoms with Crippen LogP contribution in [-0.2, 0) is 0 Å². The fourth-order valence-corrected chi connectivity index (χ4v) is 3.84. The van der Waals surface area contributed by atoms with Gasteiger partial charge in [-0.15, -0.1) is 0 Å². The highest BCUT2D eigenvalue weighted by atomic mass is 32.1. The molecule has 0 aliphatic carbocycles. The number of nitrogens with zero attached hydrogens (tertiary/aromatic N) is 1. The van der Waals surface area contributed by atoms with Crippen molar-refractivity contribution in [1.29, 1.82) is 0 Å². The Kier molecular flexibility index (Phi) is 4.45. The summed E-state index contributed by atoms with van der Waals surface area (Å²) in [4.78, 5) is 17.6. The van der Waals surface area contributed by atoms with Crippen molar-refractivity contribution in [2.75, 3.05) is 24.3 Å². The van der Waals surface area contributed by atoms with Gasteiger partial charge in [0.15, 0.2) is 16.6 Å². The van der Waals surface area contributed by atoms with Crippen molar-refractivity contribution in [3.05, 3.63) is 58.0 Å². The standard InChI is InChI=1S/C20H19N3O3S/c1-11-3-5-14(12(2)9-11)17(24)18-19(21)23-20(27-18)22-13-4-6-15-16(10-13)26-8-7-25-15/h3-6,9-10H,7-8,21H2,1-2H3,(H,22,23). The van der Waals surface area contributed by atoms with E-state index in [2.05, 4.69) is 10.3 Å². The van der Waals surface area contributed by atoms with E-state index >= 15 is 0 Å². The molecule has 3 aromatic rings. The molecule has 1 aliphatic rings. The lowest BCUT2D eigenvalue weighted by Gasteiger charge is -2.18. The zero-order valence-electron chi connectivity index (χ0n) is 15.0. The van der Waals surface area contributed by atoms with Crippen molar-refractivity contribution in [2.45, 2.75) is 13.8 Å². The number of benzene rings is 2. The number of aromatic nitrogens is 1. The molecule has 2 heterocycles. The van der Waals surface area contributed by atoms with Gasteiger partial charge in [-0.05, 0) is 31.5 Å². The minimum absolute atomic E-state index is 0.113. The Balaban J connectivity index is 1.59. The molecule has 4 rings (SSSR count). The minimum Gasteiger partial charge on any atom is -0.486 e. The first-order chi connectivity index (χ1) is 13.0. The van der Waals surface area contributed by atoms with Crippen LogP contribution in [0.4, 0.5) is 16.6 Å². The van der Waals surface area contributed by atoms with Gasteiger partial charge in [0.25, 0.3) is 0 Å². The number of thiazole rings is 1. The predicted octanol–water partition coefficient (Wildman–Crippen LogP) is 4.09. The molecule has 27 heavy (non-hydrogen) atoms. The second-order valence-corrected chi connectivity index (χ2v) is 7.36. The quantitative estimate of drug-likeness (QED) is 0.662. The summed E-state index contributed by atoms with van der Waals surface area (Å²) >= 11 is 1.24. The maximum Gasteiger partial charge on any atom is 0.207 e. The molecule has 0 amide bonds. The molecule has 1 aromatic heterocycles. The number of hydrogen-bond donors (Lipinski definition) is 2. The molecule has 0 bridgehead atoms. The van der Waals surface area contributed by atoms with E-state index in [-0.39, 0.29) is 11.6 Å². The van der Waals surface area contributed by atoms with Gasteiger partial charge in [-0.2, -0.15) is 0 Å². The van der Waals surface area contributed by atoms with Gasteiger partial charge < -0.3 is 20.5 Å². The van der Waals surface area contributed by atoms with Crippen LogP contribution in [0.3, 0.4) is 0 Å². The topological polar surface area (TPSA) is 86.5 Å². The molecule has 0 atom stereocenters. The first-order valence-corrected chi connectivity index (χ1v) is 9.38. The highest BCUT2D eigenvalue weighted by molar-refractivity contribution is 7.18. The Morgan fingerprint density at radius 1 is 1.11 bits per heavy atom. The van der Waals surface area contributed by atoms with Crippen molar-refractivity contribution in [1.82, 2.24) is 4.98 Å². The van der Waals surface area contributed by atoms with Crippen LogP contribution in [0, 0.1) is 13.8 Å². The predicted molar refractivity (Wildman–Crippen MR) is 107 cm³/mol. The van der Waals surface area contributed by atoms with E-state index in [0.29, 0.717) is 34.5 Å². The zero-order chi connectivity index (χ0) is 19.0. The molecule has 0 saturated heterocycles. The Labute approximate surface area is 161 Å². The third-order valence-electron chi connectivity index (χ3n) is 4.28. The molecular weight excluding hydrogens is 362 g/mol. The number of carbonyl (C=O) groups excluding carboxylic acids is 1. The fourth-order valence-electron chi connectivity index (χ4n) is 2.98. The summed E-state index contributed by atoms with van der Waals surface area (Å²) in [6.45, 7) is 4.99. The van der Waals surface area contributed by atoms with Crippen molar-refractivity contribution in [3.63, 3.8) is 0 Å².